The molecule has 25 nitrogen and oxygen atoms in total. The first-order valence-corrected chi connectivity index (χ1v) is 36.8. The third kappa shape index (κ3) is 19.0. The van der Waals surface area contributed by atoms with E-state index in [0.29, 0.717) is 107 Å². The van der Waals surface area contributed by atoms with Crippen LogP contribution in [0.1, 0.15) is 93.3 Å². The lowest BCUT2D eigenvalue weighted by molar-refractivity contribution is -0.137. The van der Waals surface area contributed by atoms with Gasteiger partial charge < -0.3 is 46.1 Å². The number of amides is 6. The van der Waals surface area contributed by atoms with Gasteiger partial charge in [-0.05, 0) is 196 Å². The molecule has 6 heterocycles. The molecule has 6 aromatic carbocycles. The highest BCUT2D eigenvalue weighted by Gasteiger charge is 2.32. The van der Waals surface area contributed by atoms with Crippen LogP contribution in [0.15, 0.2) is 212 Å². The zero-order valence-electron chi connectivity index (χ0n) is 57.2. The number of benzene rings is 6. The number of ether oxygens (including phenoxy) is 3. The van der Waals surface area contributed by atoms with Crippen LogP contribution in [0.2, 0.25) is 0 Å². The minimum atomic E-state index is -4.42. The Labute approximate surface area is 603 Å². The number of nitrogens with two attached hydrogens (primary N) is 3. The van der Waals surface area contributed by atoms with Gasteiger partial charge in [0.1, 0.15) is 51.6 Å². The quantitative estimate of drug-likeness (QED) is 0.0597. The monoisotopic (exact) mass is 1470 g/mol. The predicted molar refractivity (Wildman–Crippen MR) is 384 cm³/mol. The molecule has 3 saturated heterocycles. The summed E-state index contributed by atoms with van der Waals surface area (Å²) in [5.74, 6) is 0.328. The first-order valence-electron chi connectivity index (χ1n) is 33.0. The highest BCUT2D eigenvalue weighted by molar-refractivity contribution is 7.91. The summed E-state index contributed by atoms with van der Waals surface area (Å²) in [7, 11) is -6.63. The Bertz CT molecular complexity index is 4970. The maximum atomic E-state index is 12.7. The predicted octanol–water partition coefficient (Wildman–Crippen LogP) is 11.2. The van der Waals surface area contributed by atoms with E-state index >= 15 is 0 Å². The molecule has 6 N–H and O–H groups in total. The van der Waals surface area contributed by atoms with E-state index in [4.69, 9.17) is 31.4 Å². The average molecular weight is 1470 g/mol. The minimum absolute atomic E-state index is 0.0722. The first-order chi connectivity index (χ1) is 50.0. The Morgan fingerprint density at radius 1 is 0.438 bits per heavy atom. The van der Waals surface area contributed by atoms with E-state index in [1.54, 1.807) is 144 Å². The lowest BCUT2D eigenvalue weighted by Gasteiger charge is -2.32. The summed E-state index contributed by atoms with van der Waals surface area (Å²) in [6.07, 6.45) is 11.5. The largest absolute Gasteiger partial charge is 0.457 e. The SMILES string of the molecule is C=CC(=O)N1CCC[C@@H](n2cc(C(N)=O)c(-c3ccc(Oc4ccc(C(F)(F)F)cc4)cc3)n2)C1.C=CC(=O)N1CCC[C@@H](n2cc(C(N)=O)c(-c3ccc(Oc4ccc(S(C)(=O)=O)cc4)cc3)n2)C1.C=CC(=O)N1CCC[C@@H](n2cc(C(N)=O)c(-c3ccc(Oc4cccc(S(C)(=O)=O)c4)cc3)n2)C1. The van der Waals surface area contributed by atoms with Gasteiger partial charge >= 0.3 is 6.18 Å². The maximum absolute atomic E-state index is 12.7. The van der Waals surface area contributed by atoms with Gasteiger partial charge in [0, 0.05) is 87.1 Å². The van der Waals surface area contributed by atoms with E-state index in [1.165, 1.54) is 54.6 Å². The standard InChI is InChI=1S/C25H23F3N4O3.2C25H26N4O5S/c1-2-22(33)31-13-3-4-18(14-31)32-15-21(24(29)34)23(30-32)16-5-9-19(10-6-16)35-20-11-7-17(8-12-20)25(26,27)28;1-3-23(30)28-13-5-6-18(15-28)29-16-22(25(26)31)24(27-29)17-9-11-19(12-10-17)34-20-7-4-8-21(14-20)35(2,32)33;1-3-23(30)28-14-4-5-18(15-28)29-16-22(25(26)31)24(27-29)17-6-8-19(9-7-17)34-20-10-12-21(13-11-20)35(2,32)33/h2,5-12,15,18H,1,3-4,13-14H2,(H2,29,34);3-4,7-12,14,16,18H,1,5-6,13,15H2,2H3,(H2,26,31);3,6-13,16,18H,1,4-5,14-15H2,2H3,(H2,26,31)/t3*18-/m111/s1. The zero-order chi connectivity index (χ0) is 75.5. The van der Waals surface area contributed by atoms with E-state index in [0.717, 1.165) is 63.2 Å². The molecule has 0 saturated carbocycles. The van der Waals surface area contributed by atoms with Crippen LogP contribution in [0.5, 0.6) is 34.5 Å². The van der Waals surface area contributed by atoms with Crippen LogP contribution >= 0.6 is 0 Å². The fourth-order valence-corrected chi connectivity index (χ4v) is 13.4. The number of hydrogen-bond acceptors (Lipinski definition) is 16. The van der Waals surface area contributed by atoms with Crippen LogP contribution in [0.4, 0.5) is 13.2 Å². The molecule has 3 fully saturated rings. The molecule has 0 bridgehead atoms. The van der Waals surface area contributed by atoms with Crippen LogP contribution < -0.4 is 31.4 Å². The smallest absolute Gasteiger partial charge is 0.416 e. The molecule has 0 radical (unpaired) electrons. The molecule has 0 aliphatic carbocycles. The summed E-state index contributed by atoms with van der Waals surface area (Å²) in [5, 5.41) is 13.9. The molecule has 105 heavy (non-hydrogen) atoms. The molecule has 6 amide bonds. The van der Waals surface area contributed by atoms with Gasteiger partial charge in [-0.25, -0.2) is 16.8 Å². The fraction of sp³-hybridized carbons (Fsp3) is 0.240. The molecule has 3 aliphatic heterocycles. The Kier molecular flexibility index (Phi) is 23.5. The number of aromatic nitrogens is 6. The van der Waals surface area contributed by atoms with Gasteiger partial charge in [0.15, 0.2) is 19.7 Å². The number of likely N-dealkylation sites (tertiary alicyclic amines) is 3. The number of rotatable bonds is 20. The normalized spacial score (nSPS) is 16.0. The number of carbonyl (C=O) groups excluding carboxylic acids is 6. The second-order valence-electron chi connectivity index (χ2n) is 25.0. The van der Waals surface area contributed by atoms with E-state index in [2.05, 4.69) is 35.0 Å². The van der Waals surface area contributed by atoms with Crippen molar-refractivity contribution in [1.29, 1.82) is 0 Å². The second-order valence-corrected chi connectivity index (χ2v) is 29.0. The summed E-state index contributed by atoms with van der Waals surface area (Å²) in [6.45, 7) is 14.0. The van der Waals surface area contributed by atoms with Gasteiger partial charge in [-0.3, -0.25) is 42.8 Å². The highest BCUT2D eigenvalue weighted by atomic mass is 32.2. The number of hydrogen-bond donors (Lipinski definition) is 3. The molecule has 9 aromatic rings. The van der Waals surface area contributed by atoms with Gasteiger partial charge in [0.2, 0.25) is 17.7 Å². The van der Waals surface area contributed by atoms with Crippen molar-refractivity contribution in [2.24, 2.45) is 17.2 Å². The van der Waals surface area contributed by atoms with Crippen molar-refractivity contribution in [2.75, 3.05) is 51.8 Å². The highest BCUT2D eigenvalue weighted by Crippen LogP contribution is 2.36. The van der Waals surface area contributed by atoms with Crippen LogP contribution in [0.3, 0.4) is 0 Å². The van der Waals surface area contributed by atoms with Crippen molar-refractivity contribution in [1.82, 2.24) is 44.0 Å². The van der Waals surface area contributed by atoms with Crippen LogP contribution in [0.25, 0.3) is 33.8 Å². The Hall–Kier alpha value is -11.9. The van der Waals surface area contributed by atoms with E-state index in [1.807, 2.05) is 0 Å². The average Bonchev–Trinajstić information content (AvgIpc) is 1.68. The number of piperidine rings is 3. The molecule has 546 valence electrons. The van der Waals surface area contributed by atoms with Crippen LogP contribution in [-0.4, -0.2) is 148 Å². The number of carbonyl (C=O) groups is 6. The molecule has 0 spiro atoms. The van der Waals surface area contributed by atoms with Gasteiger partial charge in [-0.15, -0.1) is 0 Å². The third-order valence-corrected chi connectivity index (χ3v) is 19.8. The van der Waals surface area contributed by atoms with Crippen molar-refractivity contribution in [3.8, 4) is 68.3 Å². The Morgan fingerprint density at radius 3 is 1.02 bits per heavy atom. The summed E-state index contributed by atoms with van der Waals surface area (Å²) < 4.78 is 107. The lowest BCUT2D eigenvalue weighted by Crippen LogP contribution is -2.40. The van der Waals surface area contributed by atoms with Gasteiger partial charge in [-0.2, -0.15) is 28.5 Å². The fourth-order valence-electron chi connectivity index (χ4n) is 12.1. The lowest BCUT2D eigenvalue weighted by atomic mass is 10.1. The van der Waals surface area contributed by atoms with Crippen molar-refractivity contribution < 1.29 is 73.0 Å². The molecular weight excluding hydrogens is 1400 g/mol. The van der Waals surface area contributed by atoms with Gasteiger partial charge in [-0.1, -0.05) is 25.8 Å². The molecule has 0 unspecified atom stereocenters. The third-order valence-electron chi connectivity index (χ3n) is 17.5. The summed E-state index contributed by atoms with van der Waals surface area (Å²) in [5.41, 5.74) is 20.2. The molecule has 3 aliphatic rings. The Balaban J connectivity index is 0.000000169. The van der Waals surface area contributed by atoms with Crippen LogP contribution in [-0.2, 0) is 40.2 Å². The maximum Gasteiger partial charge on any atom is 0.416 e. The Morgan fingerprint density at radius 2 is 0.733 bits per heavy atom. The summed E-state index contributed by atoms with van der Waals surface area (Å²) in [4.78, 5) is 78.0. The second kappa shape index (κ2) is 32.6. The topological polar surface area (TPSA) is 340 Å². The summed E-state index contributed by atoms with van der Waals surface area (Å²) >= 11 is 0. The van der Waals surface area contributed by atoms with E-state index < -0.39 is 49.1 Å². The molecule has 12 rings (SSSR count). The zero-order valence-corrected chi connectivity index (χ0v) is 58.8. The summed E-state index contributed by atoms with van der Waals surface area (Å²) in [6, 6.07) is 37.1. The number of primary amides is 3. The number of nitrogens with zero attached hydrogens (tertiary/aromatic N) is 9. The van der Waals surface area contributed by atoms with Gasteiger partial charge in [0.05, 0.1) is 50.2 Å². The van der Waals surface area contributed by atoms with Crippen LogP contribution in [0, 0.1) is 0 Å². The van der Waals surface area contributed by atoms with E-state index in [9.17, 15) is 58.8 Å². The van der Waals surface area contributed by atoms with Gasteiger partial charge in [0.25, 0.3) is 17.7 Å². The van der Waals surface area contributed by atoms with Crippen molar-refractivity contribution in [2.45, 2.75) is 72.6 Å². The molecule has 3 aromatic heterocycles. The first kappa shape index (κ1) is 75.7. The van der Waals surface area contributed by atoms with Crippen molar-refractivity contribution in [3.63, 3.8) is 0 Å². The number of sulfone groups is 2. The number of alkyl halides is 3. The molecule has 3 atom stereocenters. The van der Waals surface area contributed by atoms with Crippen molar-refractivity contribution >= 4 is 55.1 Å². The van der Waals surface area contributed by atoms with Crippen molar-refractivity contribution in [3.05, 3.63) is 224 Å². The molecular formula is C75H75F3N12O13S2. The van der Waals surface area contributed by atoms with E-state index in [-0.39, 0.29) is 62.5 Å². The minimum Gasteiger partial charge on any atom is -0.457 e. The molecule has 30 heteroatoms. The number of halogens is 3.